The number of pyridine rings is 1. The zero-order valence-electron chi connectivity index (χ0n) is 18.9. The zero-order valence-corrected chi connectivity index (χ0v) is 18.9. The highest BCUT2D eigenvalue weighted by molar-refractivity contribution is 5.97. The molecule has 1 aliphatic carbocycles. The first-order valence-electron chi connectivity index (χ1n) is 11.4. The lowest BCUT2D eigenvalue weighted by molar-refractivity contribution is 0.666. The van der Waals surface area contributed by atoms with Gasteiger partial charge in [-0.15, -0.1) is 0 Å². The van der Waals surface area contributed by atoms with Crippen molar-refractivity contribution in [3.63, 3.8) is 0 Å². The van der Waals surface area contributed by atoms with E-state index < -0.39 is 0 Å². The van der Waals surface area contributed by atoms with Crippen LogP contribution in [0.5, 0.6) is 0 Å². The average Bonchev–Trinajstić information content (AvgIpc) is 2.78. The van der Waals surface area contributed by atoms with Crippen molar-refractivity contribution in [2.24, 2.45) is 11.8 Å². The average molecular weight is 398 g/mol. The maximum Gasteiger partial charge on any atom is 0.0743 e. The van der Waals surface area contributed by atoms with Crippen LogP contribution in [0.4, 0.5) is 0 Å². The predicted molar refractivity (Wildman–Crippen MR) is 132 cm³/mol. The van der Waals surface area contributed by atoms with Crippen LogP contribution >= 0.6 is 0 Å². The molecule has 1 aromatic heterocycles. The Morgan fingerprint density at radius 2 is 1.70 bits per heavy atom. The van der Waals surface area contributed by atoms with Crippen molar-refractivity contribution in [3.8, 4) is 0 Å². The summed E-state index contributed by atoms with van der Waals surface area (Å²) in [7, 11) is 0. The lowest BCUT2D eigenvalue weighted by atomic mass is 9.79. The summed E-state index contributed by atoms with van der Waals surface area (Å²) in [5.41, 5.74) is 5.29. The Hall–Kier alpha value is -2.67. The molecule has 0 saturated carbocycles. The van der Waals surface area contributed by atoms with Gasteiger partial charge >= 0.3 is 0 Å². The number of allylic oxidation sites excluding steroid dienone is 3. The lowest BCUT2D eigenvalue weighted by Gasteiger charge is -2.26. The summed E-state index contributed by atoms with van der Waals surface area (Å²) < 4.78 is 0. The molecule has 0 saturated heterocycles. The van der Waals surface area contributed by atoms with E-state index in [1.807, 2.05) is 6.20 Å². The molecule has 2 aromatic carbocycles. The van der Waals surface area contributed by atoms with Crippen LogP contribution in [0.25, 0.3) is 22.4 Å². The van der Waals surface area contributed by atoms with Crippen LogP contribution in [0, 0.1) is 11.8 Å². The molecular formula is C29H35N. The normalized spacial score (nSPS) is 15.6. The second kappa shape index (κ2) is 10.9. The number of nitrogens with zero attached hydrogens (tertiary/aromatic N) is 1. The molecule has 0 spiro atoms. The molecule has 1 atom stereocenters. The van der Waals surface area contributed by atoms with Crippen molar-refractivity contribution < 1.29 is 0 Å². The first kappa shape index (κ1) is 22.0. The summed E-state index contributed by atoms with van der Waals surface area (Å²) in [6, 6.07) is 19.4. The van der Waals surface area contributed by atoms with E-state index in [-0.39, 0.29) is 0 Å². The van der Waals surface area contributed by atoms with E-state index in [2.05, 4.69) is 101 Å². The molecule has 0 fully saturated rings. The van der Waals surface area contributed by atoms with Crippen LogP contribution in [-0.2, 0) is 6.42 Å². The van der Waals surface area contributed by atoms with E-state index >= 15 is 0 Å². The highest BCUT2D eigenvalue weighted by atomic mass is 14.7. The minimum absolute atomic E-state index is 0.471. The molecule has 3 aromatic rings. The molecule has 1 nitrogen and oxygen atoms in total. The summed E-state index contributed by atoms with van der Waals surface area (Å²) in [4.78, 5) is 4.80. The minimum atomic E-state index is 0.471. The number of benzene rings is 2. The van der Waals surface area contributed by atoms with Crippen molar-refractivity contribution >= 4 is 22.4 Å². The Labute approximate surface area is 182 Å². The van der Waals surface area contributed by atoms with Crippen LogP contribution in [0.1, 0.15) is 63.8 Å². The molecule has 1 heteroatoms. The Bertz CT molecular complexity index is 1000. The molecule has 0 aliphatic heterocycles. The molecule has 1 unspecified atom stereocenters. The molecule has 30 heavy (non-hydrogen) atoms. The topological polar surface area (TPSA) is 12.9 Å². The maximum absolute atomic E-state index is 4.80. The lowest BCUT2D eigenvalue weighted by Crippen LogP contribution is -2.13. The van der Waals surface area contributed by atoms with E-state index in [9.17, 15) is 0 Å². The monoisotopic (exact) mass is 397 g/mol. The summed E-state index contributed by atoms with van der Waals surface area (Å²) in [6.07, 6.45) is 13.7. The van der Waals surface area contributed by atoms with Crippen molar-refractivity contribution in [1.82, 2.24) is 4.98 Å². The number of rotatable bonds is 5. The Morgan fingerprint density at radius 1 is 0.967 bits per heavy atom. The van der Waals surface area contributed by atoms with Crippen LogP contribution in [0.3, 0.4) is 0 Å². The third-order valence-electron chi connectivity index (χ3n) is 5.66. The van der Waals surface area contributed by atoms with Gasteiger partial charge in [0.25, 0.3) is 0 Å². The largest absolute Gasteiger partial charge is 0.256 e. The smallest absolute Gasteiger partial charge is 0.0743 e. The summed E-state index contributed by atoms with van der Waals surface area (Å²) >= 11 is 0. The molecule has 0 bridgehead atoms. The Balaban J connectivity index is 0.000000589. The van der Waals surface area contributed by atoms with Crippen LogP contribution in [0.15, 0.2) is 72.9 Å². The summed E-state index contributed by atoms with van der Waals surface area (Å²) in [5.74, 6) is 1.06. The minimum Gasteiger partial charge on any atom is -0.256 e. The van der Waals surface area contributed by atoms with Gasteiger partial charge in [0.1, 0.15) is 0 Å². The maximum atomic E-state index is 4.80. The number of unbranched alkanes of at least 4 members (excludes halogenated alkanes) is 1. The van der Waals surface area contributed by atoms with Crippen molar-refractivity contribution in [2.75, 3.05) is 0 Å². The quantitative estimate of drug-likeness (QED) is 0.394. The molecule has 0 radical (unpaired) electrons. The summed E-state index contributed by atoms with van der Waals surface area (Å²) in [6.45, 7) is 8.82. The Morgan fingerprint density at radius 3 is 2.47 bits per heavy atom. The second-order valence-electron chi connectivity index (χ2n) is 8.49. The molecule has 0 amide bonds. The van der Waals surface area contributed by atoms with Crippen LogP contribution in [-0.4, -0.2) is 4.98 Å². The van der Waals surface area contributed by atoms with Crippen LogP contribution in [0.2, 0.25) is 0 Å². The molecular weight excluding hydrogens is 362 g/mol. The van der Waals surface area contributed by atoms with Gasteiger partial charge in [-0.25, -0.2) is 0 Å². The van der Waals surface area contributed by atoms with Gasteiger partial charge in [-0.3, -0.25) is 4.98 Å². The van der Waals surface area contributed by atoms with Crippen molar-refractivity contribution in [2.45, 2.75) is 53.4 Å². The van der Waals surface area contributed by atoms with E-state index in [4.69, 9.17) is 4.98 Å². The van der Waals surface area contributed by atoms with Crippen LogP contribution < -0.4 is 0 Å². The molecule has 0 N–H and O–H groups in total. The number of aromatic nitrogens is 1. The van der Waals surface area contributed by atoms with E-state index in [1.54, 1.807) is 0 Å². The van der Waals surface area contributed by atoms with Crippen molar-refractivity contribution in [3.05, 3.63) is 89.8 Å². The van der Waals surface area contributed by atoms with Gasteiger partial charge in [0.2, 0.25) is 0 Å². The van der Waals surface area contributed by atoms with E-state index in [1.165, 1.54) is 40.3 Å². The molecule has 1 aliphatic rings. The first-order valence-corrected chi connectivity index (χ1v) is 11.4. The highest BCUT2D eigenvalue weighted by Gasteiger charge is 2.23. The number of hydrogen-bond acceptors (Lipinski definition) is 1. The SMILES string of the molecule is CC(C)C=CCC1Cc2ccccc2C=C1c1nccc2ccccc12.CCCC. The van der Waals surface area contributed by atoms with E-state index in [0.29, 0.717) is 11.8 Å². The van der Waals surface area contributed by atoms with Gasteiger partial charge in [-0.05, 0) is 58.9 Å². The summed E-state index contributed by atoms with van der Waals surface area (Å²) in [5, 5.41) is 2.51. The number of hydrogen-bond donors (Lipinski definition) is 0. The standard InChI is InChI=1S/C25H25N.C4H10/c1-18(2)8-7-12-22-16-20-10-3-4-11-21(20)17-24(22)25-23-13-6-5-9-19(23)14-15-26-25;1-3-4-2/h3-11,13-15,17-18,22H,12,16H2,1-2H3;3-4H2,1-2H3. The van der Waals surface area contributed by atoms with Gasteiger partial charge < -0.3 is 0 Å². The van der Waals surface area contributed by atoms with Crippen molar-refractivity contribution in [1.29, 1.82) is 0 Å². The van der Waals surface area contributed by atoms with Gasteiger partial charge in [-0.1, -0.05) is 101 Å². The fourth-order valence-corrected chi connectivity index (χ4v) is 3.86. The first-order chi connectivity index (χ1) is 14.6. The zero-order chi connectivity index (χ0) is 21.3. The van der Waals surface area contributed by atoms with Gasteiger partial charge in [-0.2, -0.15) is 0 Å². The van der Waals surface area contributed by atoms with Gasteiger partial charge in [0.15, 0.2) is 0 Å². The second-order valence-corrected chi connectivity index (χ2v) is 8.49. The highest BCUT2D eigenvalue weighted by Crippen LogP contribution is 2.38. The predicted octanol–water partition coefficient (Wildman–Crippen LogP) is 8.36. The van der Waals surface area contributed by atoms with E-state index in [0.717, 1.165) is 18.5 Å². The number of fused-ring (bicyclic) bond motifs is 2. The molecule has 1 heterocycles. The van der Waals surface area contributed by atoms with Gasteiger partial charge in [0.05, 0.1) is 5.69 Å². The molecule has 156 valence electrons. The fourth-order valence-electron chi connectivity index (χ4n) is 3.86. The van der Waals surface area contributed by atoms with Gasteiger partial charge in [0, 0.05) is 11.6 Å². The third kappa shape index (κ3) is 5.48. The Kier molecular flexibility index (Phi) is 8.02. The molecule has 4 rings (SSSR count). The fraction of sp³-hybridized carbons (Fsp3) is 0.345. The third-order valence-corrected chi connectivity index (χ3v) is 5.66.